The minimum Gasteiger partial charge on any atom is -0.353 e. The summed E-state index contributed by atoms with van der Waals surface area (Å²) in [5.74, 6) is -2.07. The molecule has 5 nitrogen and oxygen atoms in total. The van der Waals surface area contributed by atoms with Crippen molar-refractivity contribution < 1.29 is 18.0 Å². The summed E-state index contributed by atoms with van der Waals surface area (Å²) in [7, 11) is 0. The number of nitrogens with one attached hydrogen (secondary N) is 1. The van der Waals surface area contributed by atoms with Crippen LogP contribution in [0.2, 0.25) is 5.15 Å². The van der Waals surface area contributed by atoms with Crippen molar-refractivity contribution in [2.45, 2.75) is 108 Å². The summed E-state index contributed by atoms with van der Waals surface area (Å²) in [5.41, 5.74) is 1.57. The van der Waals surface area contributed by atoms with Gasteiger partial charge in [0, 0.05) is 35.1 Å². The molecule has 0 saturated heterocycles. The summed E-state index contributed by atoms with van der Waals surface area (Å²) in [5, 5.41) is 4.32. The molecule has 5 atom stereocenters. The van der Waals surface area contributed by atoms with Gasteiger partial charge >= 0.3 is 6.18 Å². The Balaban J connectivity index is 1.39. The normalized spacial score (nSPS) is 29.3. The number of halogens is 4. The Morgan fingerprint density at radius 1 is 1.03 bits per heavy atom. The van der Waals surface area contributed by atoms with Gasteiger partial charge in [0.05, 0.1) is 11.4 Å². The Kier molecular flexibility index (Phi) is 8.09. The first-order chi connectivity index (χ1) is 18.1. The van der Waals surface area contributed by atoms with E-state index in [-0.39, 0.29) is 48.2 Å². The maximum atomic E-state index is 14.1. The molecule has 0 aliphatic heterocycles. The molecule has 1 amide bonds. The molecule has 9 heteroatoms. The maximum absolute atomic E-state index is 14.1. The number of hydrogen-bond donors (Lipinski definition) is 1. The second-order valence-corrected chi connectivity index (χ2v) is 12.2. The number of pyridine rings is 2. The van der Waals surface area contributed by atoms with Crippen molar-refractivity contribution in [1.82, 2.24) is 14.9 Å². The molecule has 5 unspecified atom stereocenters. The number of alkyl halides is 3. The van der Waals surface area contributed by atoms with E-state index in [0.29, 0.717) is 24.4 Å². The molecule has 38 heavy (non-hydrogen) atoms. The van der Waals surface area contributed by atoms with E-state index >= 15 is 0 Å². The Labute approximate surface area is 226 Å². The highest BCUT2D eigenvalue weighted by molar-refractivity contribution is 6.30. The van der Waals surface area contributed by atoms with Gasteiger partial charge < -0.3 is 9.88 Å². The lowest BCUT2D eigenvalue weighted by atomic mass is 9.74. The van der Waals surface area contributed by atoms with Crippen LogP contribution in [0.3, 0.4) is 0 Å². The van der Waals surface area contributed by atoms with Crippen molar-refractivity contribution in [3.63, 3.8) is 0 Å². The van der Waals surface area contributed by atoms with Gasteiger partial charge in [-0.3, -0.25) is 9.59 Å². The van der Waals surface area contributed by atoms with Gasteiger partial charge in [0.15, 0.2) is 0 Å². The standard InChI is InChI=1S/C29H37ClF3N3O2/c1-17-10-11-21(35-27(37)18-6-5-7-20(12-18)29(31,32)33)14-23(17)24-13-19-16-34-26(30)15-25(19)36(28(24)38)22-8-3-2-4-9-22/h13,15-18,20-23H,2-12,14H2,1H3,(H,35,37). The molecule has 3 saturated carbocycles. The Hall–Kier alpha value is -2.09. The van der Waals surface area contributed by atoms with Gasteiger partial charge in [-0.25, -0.2) is 4.98 Å². The lowest BCUT2D eigenvalue weighted by Gasteiger charge is -2.37. The highest BCUT2D eigenvalue weighted by Crippen LogP contribution is 2.41. The van der Waals surface area contributed by atoms with E-state index < -0.39 is 18.0 Å². The minimum atomic E-state index is -4.25. The summed E-state index contributed by atoms with van der Waals surface area (Å²) in [6.07, 6.45) is 5.84. The van der Waals surface area contributed by atoms with Crippen LogP contribution < -0.4 is 10.9 Å². The van der Waals surface area contributed by atoms with E-state index in [1.807, 2.05) is 10.6 Å². The van der Waals surface area contributed by atoms with Crippen molar-refractivity contribution in [3.05, 3.63) is 39.4 Å². The predicted molar refractivity (Wildman–Crippen MR) is 142 cm³/mol. The third-order valence-corrected chi connectivity index (χ3v) is 9.51. The van der Waals surface area contributed by atoms with Crippen LogP contribution in [0, 0.1) is 17.8 Å². The molecule has 3 aliphatic carbocycles. The molecule has 0 aromatic carbocycles. The minimum absolute atomic E-state index is 0.00999. The average molecular weight is 552 g/mol. The van der Waals surface area contributed by atoms with E-state index in [9.17, 15) is 22.8 Å². The van der Waals surface area contributed by atoms with Crippen molar-refractivity contribution in [1.29, 1.82) is 0 Å². The summed E-state index contributed by atoms with van der Waals surface area (Å²) >= 11 is 6.23. The quantitative estimate of drug-likeness (QED) is 0.405. The fourth-order valence-corrected chi connectivity index (χ4v) is 7.28. The smallest absolute Gasteiger partial charge is 0.353 e. The second kappa shape index (κ2) is 11.2. The number of carbonyl (C=O) groups excluding carboxylic acids is 1. The van der Waals surface area contributed by atoms with Crippen LogP contribution in [0.4, 0.5) is 13.2 Å². The number of carbonyl (C=O) groups is 1. The van der Waals surface area contributed by atoms with E-state index in [1.54, 1.807) is 12.3 Å². The lowest BCUT2D eigenvalue weighted by Crippen LogP contribution is -2.45. The van der Waals surface area contributed by atoms with Gasteiger partial charge in [-0.1, -0.05) is 44.2 Å². The van der Waals surface area contributed by atoms with E-state index in [1.165, 1.54) is 6.42 Å². The van der Waals surface area contributed by atoms with Crippen LogP contribution in [-0.4, -0.2) is 27.7 Å². The largest absolute Gasteiger partial charge is 0.391 e. The molecule has 0 bridgehead atoms. The molecule has 2 heterocycles. The van der Waals surface area contributed by atoms with Crippen LogP contribution in [0.15, 0.2) is 23.1 Å². The molecule has 3 aliphatic rings. The van der Waals surface area contributed by atoms with Gasteiger partial charge in [-0.15, -0.1) is 0 Å². The van der Waals surface area contributed by atoms with Crippen LogP contribution >= 0.6 is 11.6 Å². The van der Waals surface area contributed by atoms with Gasteiger partial charge in [-0.2, -0.15) is 13.2 Å². The predicted octanol–water partition coefficient (Wildman–Crippen LogP) is 7.31. The SMILES string of the molecule is CC1CCC(NC(=O)C2CCCC(C(F)(F)F)C2)CC1c1cc2cnc(Cl)cc2n(C2CCCCC2)c1=O. The lowest BCUT2D eigenvalue weighted by molar-refractivity contribution is -0.186. The molecular formula is C29H37ClF3N3O2. The Morgan fingerprint density at radius 2 is 1.79 bits per heavy atom. The van der Waals surface area contributed by atoms with Gasteiger partial charge in [-0.05, 0) is 75.3 Å². The highest BCUT2D eigenvalue weighted by Gasteiger charge is 2.44. The van der Waals surface area contributed by atoms with Crippen molar-refractivity contribution in [2.75, 3.05) is 0 Å². The third-order valence-electron chi connectivity index (χ3n) is 9.30. The summed E-state index contributed by atoms with van der Waals surface area (Å²) in [4.78, 5) is 31.4. The summed E-state index contributed by atoms with van der Waals surface area (Å²) in [6.45, 7) is 2.15. The first kappa shape index (κ1) is 27.5. The van der Waals surface area contributed by atoms with Crippen molar-refractivity contribution >= 4 is 28.4 Å². The zero-order valence-corrected chi connectivity index (χ0v) is 22.7. The van der Waals surface area contributed by atoms with Crippen LogP contribution in [0.1, 0.15) is 101 Å². The van der Waals surface area contributed by atoms with Crippen molar-refractivity contribution in [3.8, 4) is 0 Å². The summed E-state index contributed by atoms with van der Waals surface area (Å²) in [6, 6.07) is 3.69. The fraction of sp³-hybridized carbons (Fsp3) is 0.690. The Morgan fingerprint density at radius 3 is 2.53 bits per heavy atom. The molecule has 2 aromatic heterocycles. The van der Waals surface area contributed by atoms with Gasteiger partial charge in [0.1, 0.15) is 5.15 Å². The third kappa shape index (κ3) is 5.75. The fourth-order valence-electron chi connectivity index (χ4n) is 7.13. The van der Waals surface area contributed by atoms with E-state index in [0.717, 1.165) is 55.0 Å². The molecule has 0 spiro atoms. The number of aromatic nitrogens is 2. The molecule has 5 rings (SSSR count). The van der Waals surface area contributed by atoms with E-state index in [2.05, 4.69) is 17.2 Å². The zero-order chi connectivity index (χ0) is 27.0. The number of hydrogen-bond acceptors (Lipinski definition) is 3. The molecule has 2 aromatic rings. The van der Waals surface area contributed by atoms with Crippen LogP contribution in [-0.2, 0) is 4.79 Å². The molecule has 1 N–H and O–H groups in total. The molecular weight excluding hydrogens is 515 g/mol. The molecule has 208 valence electrons. The second-order valence-electron chi connectivity index (χ2n) is 11.8. The first-order valence-corrected chi connectivity index (χ1v) is 14.6. The maximum Gasteiger partial charge on any atom is 0.391 e. The highest BCUT2D eigenvalue weighted by atomic mass is 35.5. The Bertz CT molecular complexity index is 1220. The van der Waals surface area contributed by atoms with Crippen LogP contribution in [0.5, 0.6) is 0 Å². The van der Waals surface area contributed by atoms with E-state index in [4.69, 9.17) is 11.6 Å². The number of amides is 1. The van der Waals surface area contributed by atoms with Crippen molar-refractivity contribution in [2.24, 2.45) is 17.8 Å². The molecule has 0 radical (unpaired) electrons. The monoisotopic (exact) mass is 551 g/mol. The number of rotatable bonds is 4. The summed E-state index contributed by atoms with van der Waals surface area (Å²) < 4.78 is 41.8. The van der Waals surface area contributed by atoms with Crippen LogP contribution in [0.25, 0.3) is 10.9 Å². The van der Waals surface area contributed by atoms with Gasteiger partial charge in [0.2, 0.25) is 5.91 Å². The molecule has 3 fully saturated rings. The number of fused-ring (bicyclic) bond motifs is 1. The zero-order valence-electron chi connectivity index (χ0n) is 21.9. The van der Waals surface area contributed by atoms with Gasteiger partial charge in [0.25, 0.3) is 5.56 Å². The number of nitrogens with zero attached hydrogens (tertiary/aromatic N) is 2. The topological polar surface area (TPSA) is 64.0 Å². The first-order valence-electron chi connectivity index (χ1n) is 14.2. The average Bonchev–Trinajstić information content (AvgIpc) is 2.89.